The summed E-state index contributed by atoms with van der Waals surface area (Å²) in [6, 6.07) is 5.62. The Labute approximate surface area is 170 Å². The Kier molecular flexibility index (Phi) is 4.47. The molecule has 0 bridgehead atoms. The molecule has 2 aromatic rings. The number of aromatic amines is 1. The van der Waals surface area contributed by atoms with Gasteiger partial charge in [-0.15, -0.1) is 10.2 Å². The van der Waals surface area contributed by atoms with Gasteiger partial charge < -0.3 is 15.3 Å². The summed E-state index contributed by atoms with van der Waals surface area (Å²) in [5.74, 6) is 1.22. The van der Waals surface area contributed by atoms with Gasteiger partial charge in [0.1, 0.15) is 11.6 Å². The first-order valence-corrected chi connectivity index (χ1v) is 10.3. The second kappa shape index (κ2) is 7.15. The number of nitrogens with zero attached hydrogens (tertiary/aromatic N) is 4. The molecular formula is C22H26N6O. The maximum Gasteiger partial charge on any atom is 0.131 e. The molecule has 1 aromatic heterocycles. The van der Waals surface area contributed by atoms with E-state index in [0.29, 0.717) is 11.3 Å². The van der Waals surface area contributed by atoms with Crippen molar-refractivity contribution < 1.29 is 5.11 Å². The molecular weight excluding hydrogens is 364 g/mol. The number of hydrogen-bond acceptors (Lipinski definition) is 6. The van der Waals surface area contributed by atoms with Crippen molar-refractivity contribution in [3.05, 3.63) is 47.8 Å². The van der Waals surface area contributed by atoms with E-state index in [2.05, 4.69) is 37.5 Å². The van der Waals surface area contributed by atoms with E-state index in [1.54, 1.807) is 18.5 Å². The van der Waals surface area contributed by atoms with Gasteiger partial charge in [-0.3, -0.25) is 5.10 Å². The molecule has 7 nitrogen and oxygen atoms in total. The lowest BCUT2D eigenvalue weighted by Gasteiger charge is -2.50. The standard InChI is InChI=1S/C22H26N6O/c1-15-9-19(18-4-3-16(11-20(18)29)17-12-24-25-13-17)26-27-21(10-15)28-8-7-23-22(14-28)5-2-6-22/h3-4,9,11-13,23,29H,2,5-8,10,14H2,1H3,(H,24,25). The third-order valence-corrected chi connectivity index (χ3v) is 6.25. The minimum absolute atomic E-state index is 0.195. The molecule has 0 radical (unpaired) electrons. The van der Waals surface area contributed by atoms with Crippen LogP contribution in [0.2, 0.25) is 0 Å². The SMILES string of the molecule is CC1=CC(c2ccc(-c3cn[nH]c3)cc2O)=NN=C(N2CCNC3(CCC3)C2)C1. The summed E-state index contributed by atoms with van der Waals surface area (Å²) in [5, 5.41) is 30.3. The lowest BCUT2D eigenvalue weighted by molar-refractivity contribution is 0.108. The van der Waals surface area contributed by atoms with Gasteiger partial charge in [-0.2, -0.15) is 5.10 Å². The predicted molar refractivity (Wildman–Crippen MR) is 114 cm³/mol. The molecule has 150 valence electrons. The molecule has 3 heterocycles. The molecule has 29 heavy (non-hydrogen) atoms. The van der Waals surface area contributed by atoms with Gasteiger partial charge in [0.2, 0.25) is 0 Å². The molecule has 2 aliphatic heterocycles. The van der Waals surface area contributed by atoms with Crippen molar-refractivity contribution in [2.45, 2.75) is 38.1 Å². The molecule has 0 amide bonds. The van der Waals surface area contributed by atoms with Crippen LogP contribution in [0.5, 0.6) is 5.75 Å². The number of phenolic OH excluding ortho intramolecular Hbond substituents is 1. The molecule has 5 rings (SSSR count). The zero-order valence-electron chi connectivity index (χ0n) is 16.6. The monoisotopic (exact) mass is 390 g/mol. The molecule has 1 spiro atoms. The number of phenols is 1. The van der Waals surface area contributed by atoms with Crippen LogP contribution in [-0.4, -0.2) is 56.9 Å². The second-order valence-corrected chi connectivity index (χ2v) is 8.37. The Morgan fingerprint density at radius 2 is 2.07 bits per heavy atom. The molecule has 0 atom stereocenters. The Balaban J connectivity index is 1.42. The maximum atomic E-state index is 10.6. The van der Waals surface area contributed by atoms with E-state index in [1.165, 1.54) is 24.8 Å². The third-order valence-electron chi connectivity index (χ3n) is 6.25. The fourth-order valence-corrected chi connectivity index (χ4v) is 4.47. The minimum atomic E-state index is 0.195. The highest BCUT2D eigenvalue weighted by atomic mass is 16.3. The zero-order valence-corrected chi connectivity index (χ0v) is 16.6. The average Bonchev–Trinajstić information content (AvgIpc) is 3.17. The van der Waals surface area contributed by atoms with E-state index in [9.17, 15) is 5.11 Å². The van der Waals surface area contributed by atoms with E-state index in [0.717, 1.165) is 43.0 Å². The van der Waals surface area contributed by atoms with Crippen LogP contribution in [0.4, 0.5) is 0 Å². The van der Waals surface area contributed by atoms with Crippen molar-refractivity contribution in [3.8, 4) is 16.9 Å². The maximum absolute atomic E-state index is 10.6. The number of aromatic hydroxyl groups is 1. The van der Waals surface area contributed by atoms with Crippen molar-refractivity contribution in [1.82, 2.24) is 20.4 Å². The van der Waals surface area contributed by atoms with Crippen LogP contribution in [-0.2, 0) is 0 Å². The van der Waals surface area contributed by atoms with Gasteiger partial charge in [0.15, 0.2) is 0 Å². The summed E-state index contributed by atoms with van der Waals surface area (Å²) in [5.41, 5.74) is 4.70. The Morgan fingerprint density at radius 1 is 1.17 bits per heavy atom. The first-order chi connectivity index (χ1) is 14.1. The van der Waals surface area contributed by atoms with Crippen LogP contribution in [0.1, 0.15) is 38.2 Å². The van der Waals surface area contributed by atoms with Crippen LogP contribution >= 0.6 is 0 Å². The Morgan fingerprint density at radius 3 is 2.79 bits per heavy atom. The van der Waals surface area contributed by atoms with Crippen LogP contribution < -0.4 is 5.32 Å². The van der Waals surface area contributed by atoms with Crippen molar-refractivity contribution in [1.29, 1.82) is 0 Å². The van der Waals surface area contributed by atoms with Gasteiger partial charge in [-0.1, -0.05) is 11.6 Å². The van der Waals surface area contributed by atoms with Gasteiger partial charge in [-0.25, -0.2) is 0 Å². The quantitative estimate of drug-likeness (QED) is 0.735. The highest BCUT2D eigenvalue weighted by molar-refractivity contribution is 6.12. The normalized spacial score (nSPS) is 21.1. The average molecular weight is 390 g/mol. The molecule has 0 unspecified atom stereocenters. The summed E-state index contributed by atoms with van der Waals surface area (Å²) in [6.45, 7) is 5.07. The number of benzene rings is 1. The number of H-pyrrole nitrogens is 1. The molecule has 2 fully saturated rings. The van der Waals surface area contributed by atoms with Gasteiger partial charge in [-0.05, 0) is 50.0 Å². The van der Waals surface area contributed by atoms with E-state index >= 15 is 0 Å². The number of allylic oxidation sites excluding steroid dienone is 1. The first-order valence-electron chi connectivity index (χ1n) is 10.3. The van der Waals surface area contributed by atoms with Crippen LogP contribution in [0.3, 0.4) is 0 Å². The Bertz CT molecular complexity index is 1000. The van der Waals surface area contributed by atoms with Crippen LogP contribution in [0.15, 0.2) is 52.4 Å². The van der Waals surface area contributed by atoms with Gasteiger partial charge in [0, 0.05) is 48.9 Å². The summed E-state index contributed by atoms with van der Waals surface area (Å²) in [7, 11) is 0. The summed E-state index contributed by atoms with van der Waals surface area (Å²) < 4.78 is 0. The first kappa shape index (κ1) is 18.1. The predicted octanol–water partition coefficient (Wildman–Crippen LogP) is 3.06. The van der Waals surface area contributed by atoms with Crippen LogP contribution in [0.25, 0.3) is 11.1 Å². The molecule has 3 aliphatic rings. The molecule has 1 saturated heterocycles. The van der Waals surface area contributed by atoms with E-state index in [1.807, 2.05) is 18.2 Å². The van der Waals surface area contributed by atoms with Crippen molar-refractivity contribution >= 4 is 11.5 Å². The van der Waals surface area contributed by atoms with Crippen molar-refractivity contribution in [2.75, 3.05) is 19.6 Å². The highest BCUT2D eigenvalue weighted by Crippen LogP contribution is 2.35. The largest absolute Gasteiger partial charge is 0.507 e. The van der Waals surface area contributed by atoms with Crippen molar-refractivity contribution in [2.24, 2.45) is 10.2 Å². The molecule has 7 heteroatoms. The van der Waals surface area contributed by atoms with Gasteiger partial charge in [0.25, 0.3) is 0 Å². The van der Waals surface area contributed by atoms with Crippen molar-refractivity contribution in [3.63, 3.8) is 0 Å². The van der Waals surface area contributed by atoms with E-state index < -0.39 is 0 Å². The number of amidine groups is 1. The summed E-state index contributed by atoms with van der Waals surface area (Å²) in [6.07, 6.45) is 10.2. The fraction of sp³-hybridized carbons (Fsp3) is 0.409. The topological polar surface area (TPSA) is 88.9 Å². The number of rotatable bonds is 2. The molecule has 1 saturated carbocycles. The summed E-state index contributed by atoms with van der Waals surface area (Å²) in [4.78, 5) is 2.39. The second-order valence-electron chi connectivity index (χ2n) is 8.37. The number of aromatic nitrogens is 2. The number of piperazine rings is 1. The highest BCUT2D eigenvalue weighted by Gasteiger charge is 2.41. The molecule has 1 aromatic carbocycles. The van der Waals surface area contributed by atoms with E-state index in [-0.39, 0.29) is 11.3 Å². The lowest BCUT2D eigenvalue weighted by atomic mass is 9.75. The van der Waals surface area contributed by atoms with Gasteiger partial charge in [0.05, 0.1) is 11.9 Å². The van der Waals surface area contributed by atoms with E-state index in [4.69, 9.17) is 0 Å². The Hall–Kier alpha value is -2.93. The third kappa shape index (κ3) is 3.46. The smallest absolute Gasteiger partial charge is 0.131 e. The van der Waals surface area contributed by atoms with Gasteiger partial charge >= 0.3 is 0 Å². The lowest BCUT2D eigenvalue weighted by Crippen LogP contribution is -2.64. The minimum Gasteiger partial charge on any atom is -0.507 e. The van der Waals surface area contributed by atoms with Crippen LogP contribution in [0, 0.1) is 0 Å². The number of nitrogens with one attached hydrogen (secondary N) is 2. The zero-order chi connectivity index (χ0) is 19.8. The number of hydrogen-bond donors (Lipinski definition) is 3. The summed E-state index contributed by atoms with van der Waals surface area (Å²) >= 11 is 0. The fourth-order valence-electron chi connectivity index (χ4n) is 4.47. The molecule has 3 N–H and O–H groups in total. The molecule has 1 aliphatic carbocycles.